The van der Waals surface area contributed by atoms with Gasteiger partial charge in [-0.3, -0.25) is 9.78 Å². The van der Waals surface area contributed by atoms with Gasteiger partial charge in [0.1, 0.15) is 17.2 Å². The number of anilines is 1. The molecule has 120 valence electrons. The summed E-state index contributed by atoms with van der Waals surface area (Å²) in [5.41, 5.74) is 3.46. The highest BCUT2D eigenvalue weighted by atomic mass is 16.5. The van der Waals surface area contributed by atoms with E-state index >= 15 is 0 Å². The van der Waals surface area contributed by atoms with Crippen molar-refractivity contribution in [3.63, 3.8) is 0 Å². The molecule has 0 atom stereocenters. The first-order valence-corrected chi connectivity index (χ1v) is 7.26. The van der Waals surface area contributed by atoms with Gasteiger partial charge in [0.25, 0.3) is 5.56 Å². The number of hydrogen-bond acceptors (Lipinski definition) is 6. The van der Waals surface area contributed by atoms with Gasteiger partial charge >= 0.3 is 0 Å². The minimum absolute atomic E-state index is 0.179. The molecule has 0 saturated heterocycles. The molecule has 3 rings (SSSR count). The molecule has 3 aromatic rings. The SMILES string of the molecule is Cc1nnc(N/N=C\c2cccc(Oc3ccccc3)c2)[nH]c1=O. The normalized spacial score (nSPS) is 10.7. The molecular weight excluding hydrogens is 306 g/mol. The minimum atomic E-state index is -0.305. The third-order valence-electron chi connectivity index (χ3n) is 3.08. The fraction of sp³-hybridized carbons (Fsp3) is 0.0588. The number of ether oxygens (including phenoxy) is 1. The van der Waals surface area contributed by atoms with Crippen LogP contribution in [-0.2, 0) is 0 Å². The second kappa shape index (κ2) is 7.19. The van der Waals surface area contributed by atoms with Gasteiger partial charge in [-0.05, 0) is 36.8 Å². The van der Waals surface area contributed by atoms with Gasteiger partial charge in [-0.1, -0.05) is 30.3 Å². The van der Waals surface area contributed by atoms with Crippen LogP contribution in [0.15, 0.2) is 64.5 Å². The molecule has 0 aliphatic heterocycles. The van der Waals surface area contributed by atoms with Crippen molar-refractivity contribution in [2.24, 2.45) is 5.10 Å². The summed E-state index contributed by atoms with van der Waals surface area (Å²) < 4.78 is 5.76. The Hall–Kier alpha value is -3.48. The Kier molecular flexibility index (Phi) is 4.62. The zero-order valence-corrected chi connectivity index (χ0v) is 12.9. The Morgan fingerprint density at radius 1 is 1.08 bits per heavy atom. The number of hydrogen-bond donors (Lipinski definition) is 2. The van der Waals surface area contributed by atoms with Crippen LogP contribution in [0, 0.1) is 6.92 Å². The van der Waals surface area contributed by atoms with Gasteiger partial charge in [-0.2, -0.15) is 5.10 Å². The van der Waals surface area contributed by atoms with Gasteiger partial charge in [0, 0.05) is 0 Å². The second-order valence-electron chi connectivity index (χ2n) is 4.95. The summed E-state index contributed by atoms with van der Waals surface area (Å²) in [5, 5.41) is 11.5. The molecule has 0 saturated carbocycles. The zero-order valence-electron chi connectivity index (χ0n) is 12.9. The van der Waals surface area contributed by atoms with Crippen LogP contribution in [-0.4, -0.2) is 21.4 Å². The minimum Gasteiger partial charge on any atom is -0.457 e. The van der Waals surface area contributed by atoms with Gasteiger partial charge in [-0.25, -0.2) is 5.43 Å². The average molecular weight is 321 g/mol. The van der Waals surface area contributed by atoms with Crippen LogP contribution in [0.5, 0.6) is 11.5 Å². The molecule has 7 nitrogen and oxygen atoms in total. The van der Waals surface area contributed by atoms with Crippen LogP contribution in [0.25, 0.3) is 0 Å². The lowest BCUT2D eigenvalue weighted by Gasteiger charge is -2.05. The lowest BCUT2D eigenvalue weighted by atomic mass is 10.2. The van der Waals surface area contributed by atoms with E-state index in [1.807, 2.05) is 54.6 Å². The highest BCUT2D eigenvalue weighted by Crippen LogP contribution is 2.21. The lowest BCUT2D eigenvalue weighted by Crippen LogP contribution is -2.15. The van der Waals surface area contributed by atoms with Gasteiger partial charge < -0.3 is 4.74 Å². The lowest BCUT2D eigenvalue weighted by molar-refractivity contribution is 0.482. The number of H-pyrrole nitrogens is 1. The molecular formula is C17H15N5O2. The maximum atomic E-state index is 11.4. The number of nitrogens with zero attached hydrogens (tertiary/aromatic N) is 3. The first kappa shape index (κ1) is 15.4. The van der Waals surface area contributed by atoms with E-state index in [0.717, 1.165) is 11.3 Å². The quantitative estimate of drug-likeness (QED) is 0.557. The number of hydrazone groups is 1. The van der Waals surface area contributed by atoms with Crippen molar-refractivity contribution in [1.82, 2.24) is 15.2 Å². The fourth-order valence-corrected chi connectivity index (χ4v) is 1.89. The van der Waals surface area contributed by atoms with Crippen molar-refractivity contribution < 1.29 is 4.74 Å². The summed E-state index contributed by atoms with van der Waals surface area (Å²) in [5.74, 6) is 1.64. The highest BCUT2D eigenvalue weighted by molar-refractivity contribution is 5.80. The summed E-state index contributed by atoms with van der Waals surface area (Å²) in [7, 11) is 0. The van der Waals surface area contributed by atoms with Crippen LogP contribution in [0.3, 0.4) is 0 Å². The van der Waals surface area contributed by atoms with Crippen molar-refractivity contribution in [2.75, 3.05) is 5.43 Å². The van der Waals surface area contributed by atoms with Gasteiger partial charge in [0.15, 0.2) is 0 Å². The number of benzene rings is 2. The molecule has 0 aliphatic carbocycles. The Morgan fingerprint density at radius 2 is 1.88 bits per heavy atom. The van der Waals surface area contributed by atoms with E-state index in [1.54, 1.807) is 13.1 Å². The molecule has 0 aliphatic rings. The number of para-hydroxylation sites is 1. The standard InChI is InChI=1S/C17H15N5O2/c1-12-16(23)19-17(22-20-12)21-18-11-13-6-5-9-15(10-13)24-14-7-3-2-4-8-14/h2-11H,1H3,(H2,19,21,22,23)/b18-11-. The molecule has 24 heavy (non-hydrogen) atoms. The van der Waals surface area contributed by atoms with E-state index in [4.69, 9.17) is 4.74 Å². The Balaban J connectivity index is 1.67. The highest BCUT2D eigenvalue weighted by Gasteiger charge is 1.99. The van der Waals surface area contributed by atoms with Crippen LogP contribution in [0.1, 0.15) is 11.3 Å². The third kappa shape index (κ3) is 4.04. The topological polar surface area (TPSA) is 92.3 Å². The van der Waals surface area contributed by atoms with Gasteiger partial charge in [0.05, 0.1) is 6.21 Å². The van der Waals surface area contributed by atoms with Crippen LogP contribution < -0.4 is 15.7 Å². The number of rotatable bonds is 5. The molecule has 0 spiro atoms. The Morgan fingerprint density at radius 3 is 2.67 bits per heavy atom. The molecule has 0 amide bonds. The first-order valence-electron chi connectivity index (χ1n) is 7.26. The largest absolute Gasteiger partial charge is 0.457 e. The van der Waals surface area contributed by atoms with Crippen molar-refractivity contribution in [1.29, 1.82) is 0 Å². The van der Waals surface area contributed by atoms with Crippen molar-refractivity contribution in [3.05, 3.63) is 76.2 Å². The van der Waals surface area contributed by atoms with E-state index in [2.05, 4.69) is 25.7 Å². The van der Waals surface area contributed by atoms with Crippen LogP contribution in [0.4, 0.5) is 5.95 Å². The number of aromatic amines is 1. The summed E-state index contributed by atoms with van der Waals surface area (Å²) in [6.07, 6.45) is 1.59. The monoisotopic (exact) mass is 321 g/mol. The molecule has 1 aromatic heterocycles. The van der Waals surface area contributed by atoms with Crippen LogP contribution >= 0.6 is 0 Å². The zero-order chi connectivity index (χ0) is 16.8. The van der Waals surface area contributed by atoms with E-state index in [9.17, 15) is 4.79 Å². The maximum absolute atomic E-state index is 11.4. The van der Waals surface area contributed by atoms with Gasteiger partial charge in [-0.15, -0.1) is 10.2 Å². The van der Waals surface area contributed by atoms with E-state index < -0.39 is 0 Å². The second-order valence-corrected chi connectivity index (χ2v) is 4.95. The molecule has 1 heterocycles. The van der Waals surface area contributed by atoms with Gasteiger partial charge in [0.2, 0.25) is 5.95 Å². The summed E-state index contributed by atoms with van der Waals surface area (Å²) >= 11 is 0. The van der Waals surface area contributed by atoms with Crippen molar-refractivity contribution in [2.45, 2.75) is 6.92 Å². The molecule has 7 heteroatoms. The van der Waals surface area contributed by atoms with E-state index in [-0.39, 0.29) is 11.5 Å². The summed E-state index contributed by atoms with van der Waals surface area (Å²) in [6, 6.07) is 17.0. The molecule has 2 N–H and O–H groups in total. The number of aryl methyl sites for hydroxylation is 1. The number of aromatic nitrogens is 3. The molecule has 0 fully saturated rings. The predicted molar refractivity (Wildman–Crippen MR) is 91.6 cm³/mol. The molecule has 0 unspecified atom stereocenters. The first-order chi connectivity index (χ1) is 11.7. The van der Waals surface area contributed by atoms with Crippen molar-refractivity contribution in [3.8, 4) is 11.5 Å². The van der Waals surface area contributed by atoms with Crippen molar-refractivity contribution >= 4 is 12.2 Å². The summed E-state index contributed by atoms with van der Waals surface area (Å²) in [6.45, 7) is 1.58. The molecule has 0 bridgehead atoms. The average Bonchev–Trinajstić information content (AvgIpc) is 2.59. The smallest absolute Gasteiger partial charge is 0.274 e. The number of nitrogens with one attached hydrogen (secondary N) is 2. The predicted octanol–water partition coefficient (Wildman–Crippen LogP) is 2.71. The fourth-order valence-electron chi connectivity index (χ4n) is 1.89. The maximum Gasteiger partial charge on any atom is 0.274 e. The van der Waals surface area contributed by atoms with E-state index in [0.29, 0.717) is 11.4 Å². The third-order valence-corrected chi connectivity index (χ3v) is 3.08. The molecule has 0 radical (unpaired) electrons. The van der Waals surface area contributed by atoms with Crippen LogP contribution in [0.2, 0.25) is 0 Å². The summed E-state index contributed by atoms with van der Waals surface area (Å²) in [4.78, 5) is 14.0. The van der Waals surface area contributed by atoms with E-state index in [1.165, 1.54) is 0 Å². The molecule has 2 aromatic carbocycles. The Labute approximate surface area is 138 Å². The Bertz CT molecular complexity index is 906.